The topological polar surface area (TPSA) is 108 Å². The van der Waals surface area contributed by atoms with E-state index < -0.39 is 5.97 Å². The van der Waals surface area contributed by atoms with Crippen molar-refractivity contribution in [3.63, 3.8) is 0 Å². The number of carboxylic acids is 1. The highest BCUT2D eigenvalue weighted by Crippen LogP contribution is 2.40. The fraction of sp³-hybridized carbons (Fsp3) is 0.118. The maximum Gasteiger partial charge on any atom is 0.331 e. The number of phenolic OH excluding ortho intramolecular Hbond substituents is 1. The summed E-state index contributed by atoms with van der Waals surface area (Å²) in [6.07, 6.45) is 0.179. The third-order valence-electron chi connectivity index (χ3n) is 3.58. The minimum Gasteiger partial charge on any atom is -0.507 e. The molecule has 0 bridgehead atoms. The Hall–Kier alpha value is -3.35. The molecule has 0 amide bonds. The highest BCUT2D eigenvalue weighted by Gasteiger charge is 2.16. The zero-order valence-electron chi connectivity index (χ0n) is 12.7. The molecule has 24 heavy (non-hydrogen) atoms. The lowest BCUT2D eigenvalue weighted by Gasteiger charge is -2.13. The second-order valence-electron chi connectivity index (χ2n) is 5.15. The molecule has 0 atom stereocenters. The average Bonchev–Trinajstić information content (AvgIpc) is 3.03. The number of aromatic hydroxyl groups is 1. The first-order chi connectivity index (χ1) is 11.6. The van der Waals surface area contributed by atoms with Crippen LogP contribution in [0.25, 0.3) is 22.2 Å². The standard InChI is InChI=1S/C17H15N3O4/c1-10(17(22)23)8-9-24-14-7-3-6-13(21)15(14)11-4-2-5-12-16(11)19-20-18-12/h2-7,21H,1,8-9H2,(H,22,23)(H,18,19,20). The lowest BCUT2D eigenvalue weighted by molar-refractivity contribution is -0.132. The minimum absolute atomic E-state index is 0.0417. The van der Waals surface area contributed by atoms with Crippen molar-refractivity contribution < 1.29 is 19.7 Å². The van der Waals surface area contributed by atoms with Crippen LogP contribution in [0.5, 0.6) is 11.5 Å². The van der Waals surface area contributed by atoms with Crippen molar-refractivity contribution in [3.05, 3.63) is 48.6 Å². The van der Waals surface area contributed by atoms with Crippen LogP contribution in [0, 0.1) is 0 Å². The number of fused-ring (bicyclic) bond motifs is 1. The van der Waals surface area contributed by atoms with E-state index >= 15 is 0 Å². The number of aromatic nitrogens is 3. The number of aromatic amines is 1. The number of ether oxygens (including phenoxy) is 1. The van der Waals surface area contributed by atoms with Crippen LogP contribution in [-0.2, 0) is 4.79 Å². The van der Waals surface area contributed by atoms with Crippen molar-refractivity contribution in [1.82, 2.24) is 15.4 Å². The van der Waals surface area contributed by atoms with Gasteiger partial charge in [-0.05, 0) is 18.2 Å². The number of carbonyl (C=O) groups is 1. The van der Waals surface area contributed by atoms with E-state index in [1.807, 2.05) is 12.1 Å². The van der Waals surface area contributed by atoms with Crippen molar-refractivity contribution in [1.29, 1.82) is 0 Å². The summed E-state index contributed by atoms with van der Waals surface area (Å²) in [6, 6.07) is 10.3. The van der Waals surface area contributed by atoms with Gasteiger partial charge in [0.1, 0.15) is 22.5 Å². The molecule has 0 fully saturated rings. The van der Waals surface area contributed by atoms with Gasteiger partial charge in [-0.2, -0.15) is 15.4 Å². The molecule has 1 heterocycles. The predicted octanol–water partition coefficient (Wildman–Crippen LogP) is 2.74. The van der Waals surface area contributed by atoms with E-state index in [0.29, 0.717) is 27.9 Å². The van der Waals surface area contributed by atoms with Crippen LogP contribution in [0.15, 0.2) is 48.6 Å². The van der Waals surface area contributed by atoms with Crippen molar-refractivity contribution in [2.24, 2.45) is 0 Å². The minimum atomic E-state index is -1.05. The van der Waals surface area contributed by atoms with Crippen molar-refractivity contribution in [2.45, 2.75) is 6.42 Å². The zero-order valence-corrected chi connectivity index (χ0v) is 12.7. The van der Waals surface area contributed by atoms with Gasteiger partial charge in [0.05, 0.1) is 12.2 Å². The highest BCUT2D eigenvalue weighted by atomic mass is 16.5. The molecule has 0 saturated carbocycles. The Morgan fingerprint density at radius 1 is 1.21 bits per heavy atom. The normalized spacial score (nSPS) is 10.7. The summed E-state index contributed by atoms with van der Waals surface area (Å²) in [5, 5.41) is 29.8. The molecule has 0 spiro atoms. The number of phenols is 1. The molecular formula is C17H15N3O4. The second-order valence-corrected chi connectivity index (χ2v) is 5.15. The summed E-state index contributed by atoms with van der Waals surface area (Å²) in [4.78, 5) is 10.8. The van der Waals surface area contributed by atoms with E-state index in [1.54, 1.807) is 24.3 Å². The van der Waals surface area contributed by atoms with Crippen LogP contribution >= 0.6 is 0 Å². The third kappa shape index (κ3) is 2.91. The number of aliphatic carboxylic acids is 1. The lowest BCUT2D eigenvalue weighted by Crippen LogP contribution is -2.05. The SMILES string of the molecule is C=C(CCOc1cccc(O)c1-c1cccc2n[nH]nc12)C(=O)O. The smallest absolute Gasteiger partial charge is 0.331 e. The summed E-state index contributed by atoms with van der Waals surface area (Å²) >= 11 is 0. The van der Waals surface area contributed by atoms with E-state index in [0.717, 1.165) is 0 Å². The number of hydrogen-bond acceptors (Lipinski definition) is 5. The summed E-state index contributed by atoms with van der Waals surface area (Å²) in [7, 11) is 0. The molecule has 3 aromatic rings. The van der Waals surface area contributed by atoms with E-state index in [-0.39, 0.29) is 24.4 Å². The van der Waals surface area contributed by atoms with Gasteiger partial charge in [0.25, 0.3) is 0 Å². The van der Waals surface area contributed by atoms with Crippen LogP contribution in [0.2, 0.25) is 0 Å². The molecule has 7 heteroatoms. The molecule has 7 nitrogen and oxygen atoms in total. The molecular weight excluding hydrogens is 310 g/mol. The van der Waals surface area contributed by atoms with Gasteiger partial charge in [0.2, 0.25) is 0 Å². The van der Waals surface area contributed by atoms with Gasteiger partial charge < -0.3 is 14.9 Å². The number of hydrogen-bond donors (Lipinski definition) is 3. The Bertz CT molecular complexity index is 917. The number of para-hydroxylation sites is 1. The molecule has 0 radical (unpaired) electrons. The zero-order chi connectivity index (χ0) is 17.1. The Morgan fingerprint density at radius 2 is 2.00 bits per heavy atom. The summed E-state index contributed by atoms with van der Waals surface area (Å²) in [5.41, 5.74) is 2.50. The number of nitrogens with zero attached hydrogens (tertiary/aromatic N) is 2. The van der Waals surface area contributed by atoms with Gasteiger partial charge in [0.15, 0.2) is 0 Å². The number of H-pyrrole nitrogens is 1. The summed E-state index contributed by atoms with van der Waals surface area (Å²) in [6.45, 7) is 3.60. The molecule has 1 aromatic heterocycles. The van der Waals surface area contributed by atoms with Gasteiger partial charge >= 0.3 is 5.97 Å². The maximum absolute atomic E-state index is 10.8. The first kappa shape index (κ1) is 15.5. The number of rotatable bonds is 6. The largest absolute Gasteiger partial charge is 0.507 e. The first-order valence-electron chi connectivity index (χ1n) is 7.23. The Kier molecular flexibility index (Phi) is 4.15. The Labute approximate surface area is 137 Å². The second kappa shape index (κ2) is 6.41. The highest BCUT2D eigenvalue weighted by molar-refractivity contribution is 5.95. The van der Waals surface area contributed by atoms with Crippen molar-refractivity contribution >= 4 is 17.0 Å². The number of nitrogens with one attached hydrogen (secondary N) is 1. The molecule has 0 aliphatic carbocycles. The van der Waals surface area contributed by atoms with Gasteiger partial charge in [-0.3, -0.25) is 0 Å². The molecule has 3 N–H and O–H groups in total. The monoisotopic (exact) mass is 325 g/mol. The fourth-order valence-electron chi connectivity index (χ4n) is 2.37. The van der Waals surface area contributed by atoms with Gasteiger partial charge in [-0.1, -0.05) is 24.8 Å². The van der Waals surface area contributed by atoms with Gasteiger partial charge in [-0.15, -0.1) is 0 Å². The van der Waals surface area contributed by atoms with E-state index in [1.165, 1.54) is 0 Å². The first-order valence-corrected chi connectivity index (χ1v) is 7.23. The van der Waals surface area contributed by atoms with Crippen LogP contribution in [0.3, 0.4) is 0 Å². The van der Waals surface area contributed by atoms with Gasteiger partial charge in [0, 0.05) is 17.6 Å². The molecule has 0 aliphatic heterocycles. The maximum atomic E-state index is 10.8. The molecule has 2 aromatic carbocycles. The fourth-order valence-corrected chi connectivity index (χ4v) is 2.37. The van der Waals surface area contributed by atoms with E-state index in [4.69, 9.17) is 9.84 Å². The number of benzene rings is 2. The lowest BCUT2D eigenvalue weighted by atomic mass is 10.0. The number of carboxylic acid groups (broad SMARTS) is 1. The quantitative estimate of drug-likeness (QED) is 0.601. The summed E-state index contributed by atoms with van der Waals surface area (Å²) in [5.74, 6) is -0.578. The molecule has 0 unspecified atom stereocenters. The van der Waals surface area contributed by atoms with Crippen molar-refractivity contribution in [3.8, 4) is 22.6 Å². The van der Waals surface area contributed by atoms with Gasteiger partial charge in [-0.25, -0.2) is 4.79 Å². The van der Waals surface area contributed by atoms with Crippen LogP contribution in [0.4, 0.5) is 0 Å². The molecule has 0 aliphatic rings. The van der Waals surface area contributed by atoms with Crippen LogP contribution < -0.4 is 4.74 Å². The van der Waals surface area contributed by atoms with Crippen molar-refractivity contribution in [2.75, 3.05) is 6.61 Å². The molecule has 3 rings (SSSR count). The Morgan fingerprint density at radius 3 is 2.79 bits per heavy atom. The van der Waals surface area contributed by atoms with Crippen LogP contribution in [-0.4, -0.2) is 38.2 Å². The molecule has 0 saturated heterocycles. The summed E-state index contributed by atoms with van der Waals surface area (Å²) < 4.78 is 5.68. The third-order valence-corrected chi connectivity index (χ3v) is 3.58. The van der Waals surface area contributed by atoms with E-state index in [2.05, 4.69) is 22.0 Å². The molecule has 122 valence electrons. The Balaban J connectivity index is 1.95. The van der Waals surface area contributed by atoms with E-state index in [9.17, 15) is 9.90 Å². The predicted molar refractivity (Wildman–Crippen MR) is 87.9 cm³/mol. The average molecular weight is 325 g/mol. The van der Waals surface area contributed by atoms with Crippen LogP contribution in [0.1, 0.15) is 6.42 Å².